The molecular weight excluding hydrogens is 291 g/mol. The van der Waals surface area contributed by atoms with Crippen LogP contribution in [0.5, 0.6) is 0 Å². The molecule has 4 heteroatoms. The molecule has 1 aromatic rings. The van der Waals surface area contributed by atoms with Gasteiger partial charge in [-0.05, 0) is 55.7 Å². The van der Waals surface area contributed by atoms with Crippen LogP contribution in [0, 0.1) is 17.4 Å². The van der Waals surface area contributed by atoms with E-state index in [-0.39, 0.29) is 6.23 Å². The Balaban J connectivity index is 2.26. The van der Waals surface area contributed by atoms with Crippen molar-refractivity contribution in [1.82, 2.24) is 9.78 Å². The Morgan fingerprint density at radius 3 is 2.71 bits per heavy atom. The highest BCUT2D eigenvalue weighted by Gasteiger charge is 2.20. The van der Waals surface area contributed by atoms with Gasteiger partial charge in [-0.2, -0.15) is 5.10 Å². The topological polar surface area (TPSA) is 27.1 Å². The molecule has 0 bridgehead atoms. The van der Waals surface area contributed by atoms with E-state index < -0.39 is 0 Å². The van der Waals surface area contributed by atoms with Crippen LogP contribution in [0.1, 0.15) is 36.9 Å². The van der Waals surface area contributed by atoms with Crippen molar-refractivity contribution in [3.8, 4) is 0 Å². The second-order valence-electron chi connectivity index (χ2n) is 3.75. The second-order valence-corrected chi connectivity index (χ2v) is 4.83. The molecule has 0 spiro atoms. The van der Waals surface area contributed by atoms with Crippen molar-refractivity contribution in [2.45, 2.75) is 39.3 Å². The van der Waals surface area contributed by atoms with Crippen LogP contribution in [0.3, 0.4) is 0 Å². The first-order valence-corrected chi connectivity index (χ1v) is 6.11. The minimum atomic E-state index is 0.172. The van der Waals surface area contributed by atoms with E-state index in [9.17, 15) is 0 Å². The quantitative estimate of drug-likeness (QED) is 0.746. The molecule has 1 unspecified atom stereocenters. The van der Waals surface area contributed by atoms with Gasteiger partial charge in [-0.1, -0.05) is 0 Å². The Kier molecular flexibility index (Phi) is 3.11. The maximum atomic E-state index is 5.71. The van der Waals surface area contributed by atoms with Gasteiger partial charge in [0.05, 0.1) is 15.0 Å². The van der Waals surface area contributed by atoms with Crippen molar-refractivity contribution in [3.63, 3.8) is 0 Å². The number of hydrogen-bond donors (Lipinski definition) is 0. The van der Waals surface area contributed by atoms with E-state index in [4.69, 9.17) is 4.74 Å². The van der Waals surface area contributed by atoms with Crippen LogP contribution in [-0.4, -0.2) is 16.4 Å². The Morgan fingerprint density at radius 2 is 2.21 bits per heavy atom. The average Bonchev–Trinajstić information content (AvgIpc) is 2.47. The molecule has 1 aliphatic rings. The summed E-state index contributed by atoms with van der Waals surface area (Å²) in [7, 11) is 0. The fourth-order valence-electron chi connectivity index (χ4n) is 1.84. The summed E-state index contributed by atoms with van der Waals surface area (Å²) in [5.41, 5.74) is 2.34. The smallest absolute Gasteiger partial charge is 0.150 e. The molecule has 1 atom stereocenters. The summed E-state index contributed by atoms with van der Waals surface area (Å²) in [4.78, 5) is 0. The highest BCUT2D eigenvalue weighted by atomic mass is 127. The van der Waals surface area contributed by atoms with Gasteiger partial charge in [0, 0.05) is 6.61 Å². The van der Waals surface area contributed by atoms with Crippen LogP contribution in [0.15, 0.2) is 0 Å². The minimum absolute atomic E-state index is 0.172. The predicted octanol–water partition coefficient (Wildman–Crippen LogP) is 2.80. The third-order valence-corrected chi connectivity index (χ3v) is 4.23. The SMILES string of the molecule is Cc1nn(C2CCCCO2)c(C)c1I. The fourth-order valence-corrected chi connectivity index (χ4v) is 2.19. The highest BCUT2D eigenvalue weighted by molar-refractivity contribution is 14.1. The van der Waals surface area contributed by atoms with E-state index in [1.54, 1.807) is 0 Å². The van der Waals surface area contributed by atoms with Crippen molar-refractivity contribution < 1.29 is 4.74 Å². The van der Waals surface area contributed by atoms with Crippen LogP contribution in [0.25, 0.3) is 0 Å². The molecule has 3 nitrogen and oxygen atoms in total. The van der Waals surface area contributed by atoms with Crippen molar-refractivity contribution in [2.75, 3.05) is 6.61 Å². The van der Waals surface area contributed by atoms with Crippen LogP contribution < -0.4 is 0 Å². The highest BCUT2D eigenvalue weighted by Crippen LogP contribution is 2.26. The first-order chi connectivity index (χ1) is 6.70. The number of rotatable bonds is 1. The largest absolute Gasteiger partial charge is 0.357 e. The maximum Gasteiger partial charge on any atom is 0.150 e. The molecule has 0 N–H and O–H groups in total. The van der Waals surface area contributed by atoms with Gasteiger partial charge < -0.3 is 4.74 Å². The summed E-state index contributed by atoms with van der Waals surface area (Å²) in [5.74, 6) is 0. The molecule has 0 aromatic carbocycles. The molecule has 2 rings (SSSR count). The van der Waals surface area contributed by atoms with Crippen molar-refractivity contribution >= 4 is 22.6 Å². The van der Waals surface area contributed by atoms with Gasteiger partial charge >= 0.3 is 0 Å². The lowest BCUT2D eigenvalue weighted by molar-refractivity contribution is -0.0408. The number of aryl methyl sites for hydroxylation is 1. The lowest BCUT2D eigenvalue weighted by Crippen LogP contribution is -2.20. The first kappa shape index (κ1) is 10.4. The Labute approximate surface area is 98.0 Å². The van der Waals surface area contributed by atoms with Crippen molar-refractivity contribution in [3.05, 3.63) is 15.0 Å². The Hall–Kier alpha value is -0.100. The van der Waals surface area contributed by atoms with E-state index in [0.717, 1.165) is 18.7 Å². The standard InChI is InChI=1S/C10H15IN2O/c1-7-10(11)8(2)13(12-7)9-5-3-4-6-14-9/h9H,3-6H2,1-2H3. The third-order valence-electron chi connectivity index (χ3n) is 2.67. The minimum Gasteiger partial charge on any atom is -0.357 e. The van der Waals surface area contributed by atoms with E-state index in [1.165, 1.54) is 22.1 Å². The number of aromatic nitrogens is 2. The zero-order valence-electron chi connectivity index (χ0n) is 8.59. The van der Waals surface area contributed by atoms with Crippen LogP contribution in [-0.2, 0) is 4.74 Å². The van der Waals surface area contributed by atoms with Gasteiger partial charge in [0.25, 0.3) is 0 Å². The molecular formula is C10H15IN2O. The summed E-state index contributed by atoms with van der Waals surface area (Å²) in [5, 5.41) is 4.52. The molecule has 1 aromatic heterocycles. The monoisotopic (exact) mass is 306 g/mol. The number of hydrogen-bond acceptors (Lipinski definition) is 2. The normalized spacial score (nSPS) is 22.6. The molecule has 78 valence electrons. The Morgan fingerprint density at radius 1 is 1.43 bits per heavy atom. The number of nitrogens with zero attached hydrogens (tertiary/aromatic N) is 2. The molecule has 0 radical (unpaired) electrons. The molecule has 14 heavy (non-hydrogen) atoms. The van der Waals surface area contributed by atoms with Gasteiger partial charge in [-0.15, -0.1) is 0 Å². The Bertz CT molecular complexity index is 329. The van der Waals surface area contributed by atoms with Gasteiger partial charge in [-0.3, -0.25) is 0 Å². The third kappa shape index (κ3) is 1.82. The van der Waals surface area contributed by atoms with Crippen LogP contribution in [0.2, 0.25) is 0 Å². The lowest BCUT2D eigenvalue weighted by Gasteiger charge is -2.23. The number of halogens is 1. The molecule has 1 fully saturated rings. The van der Waals surface area contributed by atoms with Gasteiger partial charge in [0.15, 0.2) is 0 Å². The van der Waals surface area contributed by atoms with Crippen LogP contribution >= 0.6 is 22.6 Å². The van der Waals surface area contributed by atoms with Crippen LogP contribution in [0.4, 0.5) is 0 Å². The molecule has 0 amide bonds. The summed E-state index contributed by atoms with van der Waals surface area (Å²) >= 11 is 2.35. The maximum absolute atomic E-state index is 5.71. The van der Waals surface area contributed by atoms with Crippen molar-refractivity contribution in [2.24, 2.45) is 0 Å². The van der Waals surface area contributed by atoms with Gasteiger partial charge in [-0.25, -0.2) is 4.68 Å². The van der Waals surface area contributed by atoms with E-state index >= 15 is 0 Å². The summed E-state index contributed by atoms with van der Waals surface area (Å²) < 4.78 is 9.01. The second kappa shape index (κ2) is 4.18. The summed E-state index contributed by atoms with van der Waals surface area (Å²) in [6.45, 7) is 5.04. The molecule has 1 saturated heterocycles. The summed E-state index contributed by atoms with van der Waals surface area (Å²) in [6, 6.07) is 0. The zero-order chi connectivity index (χ0) is 10.1. The average molecular weight is 306 g/mol. The van der Waals surface area contributed by atoms with Crippen molar-refractivity contribution in [1.29, 1.82) is 0 Å². The molecule has 1 aliphatic heterocycles. The fraction of sp³-hybridized carbons (Fsp3) is 0.700. The first-order valence-electron chi connectivity index (χ1n) is 5.03. The van der Waals surface area contributed by atoms with Gasteiger partial charge in [0.2, 0.25) is 0 Å². The molecule has 0 aliphatic carbocycles. The summed E-state index contributed by atoms with van der Waals surface area (Å²) in [6.07, 6.45) is 3.70. The lowest BCUT2D eigenvalue weighted by atomic mass is 10.2. The van der Waals surface area contributed by atoms with E-state index in [0.29, 0.717) is 0 Å². The number of ether oxygens (including phenoxy) is 1. The predicted molar refractivity (Wildman–Crippen MR) is 63.3 cm³/mol. The van der Waals surface area contributed by atoms with E-state index in [1.807, 2.05) is 11.6 Å². The molecule has 2 heterocycles. The van der Waals surface area contributed by atoms with Gasteiger partial charge in [0.1, 0.15) is 6.23 Å². The molecule has 0 saturated carbocycles. The van der Waals surface area contributed by atoms with E-state index in [2.05, 4.69) is 34.6 Å². The zero-order valence-corrected chi connectivity index (χ0v) is 10.7.